The highest BCUT2D eigenvalue weighted by Crippen LogP contribution is 2.35. The summed E-state index contributed by atoms with van der Waals surface area (Å²) in [6, 6.07) is 8.87. The van der Waals surface area contributed by atoms with Crippen molar-refractivity contribution in [2.45, 2.75) is 19.9 Å². The van der Waals surface area contributed by atoms with E-state index in [4.69, 9.17) is 4.74 Å². The molecule has 0 aliphatic heterocycles. The van der Waals surface area contributed by atoms with Crippen LogP contribution in [0, 0.1) is 19.7 Å². The maximum Gasteiger partial charge on any atom is 0.127 e. The predicted molar refractivity (Wildman–Crippen MR) is 87.5 cm³/mol. The highest BCUT2D eigenvalue weighted by Gasteiger charge is 2.19. The lowest BCUT2D eigenvalue weighted by atomic mass is 9.94. The molecule has 0 radical (unpaired) electrons. The largest absolute Gasteiger partial charge is 0.496 e. The third-order valence-electron chi connectivity index (χ3n) is 3.73. The highest BCUT2D eigenvalue weighted by atomic mass is 79.9. The van der Waals surface area contributed by atoms with Crippen LogP contribution in [0.3, 0.4) is 0 Å². The minimum atomic E-state index is -0.262. The Hall–Kier alpha value is -1.39. The second-order valence-corrected chi connectivity index (χ2v) is 5.97. The Morgan fingerprint density at radius 1 is 1.19 bits per heavy atom. The van der Waals surface area contributed by atoms with E-state index in [2.05, 4.69) is 34.2 Å². The number of aryl methyl sites for hydroxylation is 1. The number of ether oxygens (including phenoxy) is 1. The Morgan fingerprint density at radius 3 is 2.48 bits per heavy atom. The van der Waals surface area contributed by atoms with Crippen LogP contribution in [-0.4, -0.2) is 14.2 Å². The molecule has 1 atom stereocenters. The molecule has 0 fully saturated rings. The van der Waals surface area contributed by atoms with Gasteiger partial charge in [-0.05, 0) is 55.8 Å². The fraction of sp³-hybridized carbons (Fsp3) is 0.294. The van der Waals surface area contributed by atoms with Crippen molar-refractivity contribution in [3.8, 4) is 5.75 Å². The molecule has 2 rings (SSSR count). The van der Waals surface area contributed by atoms with Crippen LogP contribution in [-0.2, 0) is 0 Å². The van der Waals surface area contributed by atoms with E-state index in [1.54, 1.807) is 13.2 Å². The van der Waals surface area contributed by atoms with Crippen LogP contribution in [0.2, 0.25) is 0 Å². The average molecular weight is 352 g/mol. The summed E-state index contributed by atoms with van der Waals surface area (Å²) in [7, 11) is 3.53. The van der Waals surface area contributed by atoms with E-state index in [1.165, 1.54) is 11.6 Å². The first-order chi connectivity index (χ1) is 9.97. The van der Waals surface area contributed by atoms with Gasteiger partial charge in [-0.1, -0.05) is 28.1 Å². The minimum Gasteiger partial charge on any atom is -0.496 e. The Bertz CT molecular complexity index is 637. The third kappa shape index (κ3) is 3.27. The van der Waals surface area contributed by atoms with Crippen LogP contribution in [0.15, 0.2) is 34.8 Å². The van der Waals surface area contributed by atoms with E-state index in [1.807, 2.05) is 26.1 Å². The quantitative estimate of drug-likeness (QED) is 0.873. The van der Waals surface area contributed by atoms with Crippen molar-refractivity contribution in [3.63, 3.8) is 0 Å². The summed E-state index contributed by atoms with van der Waals surface area (Å²) in [6.07, 6.45) is 0. The van der Waals surface area contributed by atoms with Gasteiger partial charge in [-0.2, -0.15) is 0 Å². The summed E-state index contributed by atoms with van der Waals surface area (Å²) < 4.78 is 20.0. The summed E-state index contributed by atoms with van der Waals surface area (Å²) in [6.45, 7) is 4.08. The van der Waals surface area contributed by atoms with Gasteiger partial charge in [-0.15, -0.1) is 0 Å². The van der Waals surface area contributed by atoms with Crippen LogP contribution in [0.5, 0.6) is 5.75 Å². The Morgan fingerprint density at radius 2 is 1.90 bits per heavy atom. The molecule has 4 heteroatoms. The maximum atomic E-state index is 13.7. The molecule has 0 spiro atoms. The van der Waals surface area contributed by atoms with E-state index in [-0.39, 0.29) is 11.9 Å². The van der Waals surface area contributed by atoms with Crippen molar-refractivity contribution in [1.29, 1.82) is 0 Å². The second-order valence-electron chi connectivity index (χ2n) is 5.05. The van der Waals surface area contributed by atoms with Crippen molar-refractivity contribution in [1.82, 2.24) is 5.32 Å². The van der Waals surface area contributed by atoms with E-state index in [0.717, 1.165) is 26.9 Å². The molecular weight excluding hydrogens is 333 g/mol. The molecular formula is C17H19BrFNO. The van der Waals surface area contributed by atoms with Gasteiger partial charge in [0.15, 0.2) is 0 Å². The number of methoxy groups -OCH3 is 1. The first-order valence-electron chi connectivity index (χ1n) is 6.75. The lowest BCUT2D eigenvalue weighted by Crippen LogP contribution is -2.19. The topological polar surface area (TPSA) is 21.3 Å². The van der Waals surface area contributed by atoms with Gasteiger partial charge >= 0.3 is 0 Å². The van der Waals surface area contributed by atoms with Gasteiger partial charge in [0, 0.05) is 10.0 Å². The SMILES string of the molecule is CNC(c1cc(F)cc(Br)c1)c1ccc(C)c(C)c1OC. The molecule has 1 unspecified atom stereocenters. The van der Waals surface area contributed by atoms with Crippen molar-refractivity contribution in [2.75, 3.05) is 14.2 Å². The molecule has 2 aromatic carbocycles. The average Bonchev–Trinajstić information content (AvgIpc) is 2.43. The van der Waals surface area contributed by atoms with E-state index < -0.39 is 0 Å². The van der Waals surface area contributed by atoms with Crippen molar-refractivity contribution in [3.05, 3.63) is 62.9 Å². The zero-order chi connectivity index (χ0) is 15.6. The molecule has 2 aromatic rings. The van der Waals surface area contributed by atoms with Gasteiger partial charge in [0.1, 0.15) is 11.6 Å². The van der Waals surface area contributed by atoms with Gasteiger partial charge < -0.3 is 10.1 Å². The van der Waals surface area contributed by atoms with Gasteiger partial charge in [0.2, 0.25) is 0 Å². The van der Waals surface area contributed by atoms with Crippen LogP contribution >= 0.6 is 15.9 Å². The number of benzene rings is 2. The zero-order valence-corrected chi connectivity index (χ0v) is 14.2. The van der Waals surface area contributed by atoms with Gasteiger partial charge in [-0.3, -0.25) is 0 Å². The predicted octanol–water partition coefficient (Wildman–Crippen LogP) is 4.52. The van der Waals surface area contributed by atoms with Crippen LogP contribution in [0.1, 0.15) is 28.3 Å². The molecule has 112 valence electrons. The second kappa shape index (κ2) is 6.58. The maximum absolute atomic E-state index is 13.7. The first-order valence-corrected chi connectivity index (χ1v) is 7.54. The van der Waals surface area contributed by atoms with Gasteiger partial charge in [-0.25, -0.2) is 4.39 Å². The van der Waals surface area contributed by atoms with E-state index in [0.29, 0.717) is 0 Å². The molecule has 0 saturated heterocycles. The van der Waals surface area contributed by atoms with Gasteiger partial charge in [0.25, 0.3) is 0 Å². The highest BCUT2D eigenvalue weighted by molar-refractivity contribution is 9.10. The summed E-state index contributed by atoms with van der Waals surface area (Å²) in [5.41, 5.74) is 4.13. The molecule has 21 heavy (non-hydrogen) atoms. The molecule has 0 aliphatic rings. The van der Waals surface area contributed by atoms with Crippen LogP contribution < -0.4 is 10.1 Å². The number of hydrogen-bond acceptors (Lipinski definition) is 2. The molecule has 0 bridgehead atoms. The summed E-state index contributed by atoms with van der Waals surface area (Å²) in [4.78, 5) is 0. The monoisotopic (exact) mass is 351 g/mol. The molecule has 0 amide bonds. The van der Waals surface area contributed by atoms with Crippen molar-refractivity contribution >= 4 is 15.9 Å². The number of rotatable bonds is 4. The van der Waals surface area contributed by atoms with Crippen molar-refractivity contribution < 1.29 is 9.13 Å². The summed E-state index contributed by atoms with van der Waals surface area (Å²) in [5, 5.41) is 3.24. The summed E-state index contributed by atoms with van der Waals surface area (Å²) in [5.74, 6) is 0.581. The molecule has 0 saturated carbocycles. The van der Waals surface area contributed by atoms with Crippen molar-refractivity contribution in [2.24, 2.45) is 0 Å². The van der Waals surface area contributed by atoms with E-state index >= 15 is 0 Å². The fourth-order valence-corrected chi connectivity index (χ4v) is 3.04. The van der Waals surface area contributed by atoms with Crippen LogP contribution in [0.4, 0.5) is 4.39 Å². The fourth-order valence-electron chi connectivity index (χ4n) is 2.55. The minimum absolute atomic E-state index is 0.133. The molecule has 0 aliphatic carbocycles. The zero-order valence-electron chi connectivity index (χ0n) is 12.6. The van der Waals surface area contributed by atoms with Crippen LogP contribution in [0.25, 0.3) is 0 Å². The Kier molecular flexibility index (Phi) is 5.01. The Labute approximate surface area is 133 Å². The third-order valence-corrected chi connectivity index (χ3v) is 4.19. The number of halogens is 2. The standard InChI is InChI=1S/C17H19BrFNO/c1-10-5-6-15(17(21-4)11(10)2)16(20-3)12-7-13(18)9-14(19)8-12/h5-9,16,20H,1-4H3. The smallest absolute Gasteiger partial charge is 0.127 e. The normalized spacial score (nSPS) is 12.3. The Balaban J connectivity index is 2.59. The first kappa shape index (κ1) is 16.0. The number of hydrogen-bond donors (Lipinski definition) is 1. The molecule has 0 heterocycles. The molecule has 2 nitrogen and oxygen atoms in total. The van der Waals surface area contributed by atoms with E-state index in [9.17, 15) is 4.39 Å². The number of nitrogens with one attached hydrogen (secondary N) is 1. The molecule has 0 aromatic heterocycles. The molecule has 1 N–H and O–H groups in total. The lowest BCUT2D eigenvalue weighted by molar-refractivity contribution is 0.402. The van der Waals surface area contributed by atoms with Gasteiger partial charge in [0.05, 0.1) is 13.2 Å². The summed E-state index contributed by atoms with van der Waals surface area (Å²) >= 11 is 3.35. The lowest BCUT2D eigenvalue weighted by Gasteiger charge is -2.22.